The molecule has 9 heteroatoms. The van der Waals surface area contributed by atoms with Crippen LogP contribution in [0, 0.1) is 6.92 Å². The maximum absolute atomic E-state index is 13.4. The number of carbonyl (C=O) groups excluding carboxylic acids is 1. The number of methoxy groups -OCH3 is 1. The van der Waals surface area contributed by atoms with Crippen LogP contribution in [0.5, 0.6) is 5.75 Å². The number of halogens is 1. The number of aryl methyl sites for hydroxylation is 1. The van der Waals surface area contributed by atoms with Crippen LogP contribution in [0.15, 0.2) is 53.1 Å². The zero-order valence-electron chi connectivity index (χ0n) is 18.8. The highest BCUT2D eigenvalue weighted by molar-refractivity contribution is 6.33. The summed E-state index contributed by atoms with van der Waals surface area (Å²) in [6.07, 6.45) is 0. The number of amides is 1. The molecule has 1 amide bonds. The quantitative estimate of drug-likeness (QED) is 0.434. The van der Waals surface area contributed by atoms with Crippen LogP contribution in [-0.4, -0.2) is 49.5 Å². The van der Waals surface area contributed by atoms with Gasteiger partial charge in [0.15, 0.2) is 0 Å². The molecule has 0 spiro atoms. The van der Waals surface area contributed by atoms with Crippen LogP contribution in [0.1, 0.15) is 16.1 Å². The van der Waals surface area contributed by atoms with E-state index in [1.807, 2.05) is 36.4 Å². The third-order valence-electron chi connectivity index (χ3n) is 5.80. The molecule has 4 aromatic rings. The van der Waals surface area contributed by atoms with E-state index in [2.05, 4.69) is 20.4 Å². The van der Waals surface area contributed by atoms with Crippen LogP contribution in [0.3, 0.4) is 0 Å². The highest BCUT2D eigenvalue weighted by atomic mass is 35.5. The van der Waals surface area contributed by atoms with Gasteiger partial charge in [-0.2, -0.15) is 0 Å². The van der Waals surface area contributed by atoms with Crippen molar-refractivity contribution in [3.63, 3.8) is 0 Å². The average Bonchev–Trinajstić information content (AvgIpc) is 3.24. The summed E-state index contributed by atoms with van der Waals surface area (Å²) in [6, 6.07) is 14.7. The van der Waals surface area contributed by atoms with Gasteiger partial charge < -0.3 is 24.2 Å². The molecule has 1 saturated heterocycles. The van der Waals surface area contributed by atoms with Gasteiger partial charge in [-0.15, -0.1) is 0 Å². The Labute approximate surface area is 201 Å². The number of morpholine rings is 1. The molecule has 3 heterocycles. The number of carbonyl (C=O) groups is 1. The molecule has 174 valence electrons. The Bertz CT molecular complexity index is 1350. The summed E-state index contributed by atoms with van der Waals surface area (Å²) in [5.74, 6) is 0.430. The first-order chi connectivity index (χ1) is 16.5. The van der Waals surface area contributed by atoms with Crippen LogP contribution in [-0.2, 0) is 4.74 Å². The molecule has 2 aromatic carbocycles. The Morgan fingerprint density at radius 1 is 1.12 bits per heavy atom. The van der Waals surface area contributed by atoms with E-state index in [0.29, 0.717) is 52.0 Å². The number of nitrogens with zero attached hydrogens (tertiary/aromatic N) is 3. The predicted octanol–water partition coefficient (Wildman–Crippen LogP) is 4.95. The molecule has 1 N–H and O–H groups in total. The fourth-order valence-electron chi connectivity index (χ4n) is 4.03. The van der Waals surface area contributed by atoms with Crippen LogP contribution in [0.2, 0.25) is 5.02 Å². The predicted molar refractivity (Wildman–Crippen MR) is 131 cm³/mol. The largest absolute Gasteiger partial charge is 0.497 e. The smallest absolute Gasteiger partial charge is 0.259 e. The van der Waals surface area contributed by atoms with Gasteiger partial charge in [0.2, 0.25) is 0 Å². The zero-order valence-corrected chi connectivity index (χ0v) is 19.6. The molecule has 1 fully saturated rings. The first-order valence-corrected chi connectivity index (χ1v) is 11.3. The summed E-state index contributed by atoms with van der Waals surface area (Å²) in [7, 11) is 1.61. The second kappa shape index (κ2) is 9.32. The van der Waals surface area contributed by atoms with E-state index in [0.717, 1.165) is 30.1 Å². The van der Waals surface area contributed by atoms with Gasteiger partial charge in [0, 0.05) is 24.3 Å². The van der Waals surface area contributed by atoms with Crippen LogP contribution < -0.4 is 15.0 Å². The number of rotatable bonds is 5. The lowest BCUT2D eigenvalue weighted by atomic mass is 10.0. The molecule has 0 unspecified atom stereocenters. The van der Waals surface area contributed by atoms with Gasteiger partial charge in [0.25, 0.3) is 11.6 Å². The SMILES string of the molecule is COc1ccc(-c2cc(C(=O)Nc3ccc(N4CCOCC4)c(Cl)c3)c3c(C)noc3n2)cc1. The lowest BCUT2D eigenvalue weighted by molar-refractivity contribution is 0.102. The molecule has 1 aliphatic rings. The standard InChI is InChI=1S/C25H23ClN4O4/c1-15-23-19(14-21(28-25(23)34-29-15)16-3-6-18(32-2)7-4-16)24(31)27-17-5-8-22(20(26)13-17)30-9-11-33-12-10-30/h3-8,13-14H,9-12H2,1-2H3,(H,27,31). The van der Waals surface area contributed by atoms with Crippen molar-refractivity contribution in [1.29, 1.82) is 0 Å². The average molecular weight is 479 g/mol. The molecule has 0 atom stereocenters. The first kappa shape index (κ1) is 22.2. The van der Waals surface area contributed by atoms with Crippen molar-refractivity contribution in [1.82, 2.24) is 10.1 Å². The van der Waals surface area contributed by atoms with E-state index in [1.165, 1.54) is 0 Å². The molecule has 2 aromatic heterocycles. The van der Waals surface area contributed by atoms with E-state index in [1.54, 1.807) is 26.2 Å². The fraction of sp³-hybridized carbons (Fsp3) is 0.240. The molecule has 0 radical (unpaired) electrons. The number of benzene rings is 2. The number of nitrogens with one attached hydrogen (secondary N) is 1. The topological polar surface area (TPSA) is 89.7 Å². The van der Waals surface area contributed by atoms with Crippen LogP contribution >= 0.6 is 11.6 Å². The number of pyridine rings is 1. The Morgan fingerprint density at radius 2 is 1.88 bits per heavy atom. The van der Waals surface area contributed by atoms with Crippen molar-refractivity contribution >= 4 is 40.0 Å². The second-order valence-corrected chi connectivity index (χ2v) is 8.36. The van der Waals surface area contributed by atoms with Gasteiger partial charge in [0.05, 0.1) is 53.4 Å². The minimum absolute atomic E-state index is 0.302. The van der Waals surface area contributed by atoms with Gasteiger partial charge in [-0.05, 0) is 55.5 Å². The lowest BCUT2D eigenvalue weighted by Crippen LogP contribution is -2.36. The summed E-state index contributed by atoms with van der Waals surface area (Å²) < 4.78 is 16.0. The van der Waals surface area contributed by atoms with Crippen LogP contribution in [0.4, 0.5) is 11.4 Å². The van der Waals surface area contributed by atoms with Crippen molar-refractivity contribution in [3.8, 4) is 17.0 Å². The Hall–Kier alpha value is -3.62. The van der Waals surface area contributed by atoms with Crippen molar-refractivity contribution in [2.45, 2.75) is 6.92 Å². The van der Waals surface area contributed by atoms with Crippen LogP contribution in [0.25, 0.3) is 22.4 Å². The monoisotopic (exact) mass is 478 g/mol. The van der Waals surface area contributed by atoms with E-state index in [-0.39, 0.29) is 5.91 Å². The molecule has 0 bridgehead atoms. The van der Waals surface area contributed by atoms with Gasteiger partial charge in [-0.3, -0.25) is 4.79 Å². The number of aromatic nitrogens is 2. The number of hydrogen-bond donors (Lipinski definition) is 1. The molecule has 5 rings (SSSR count). The molecular weight excluding hydrogens is 456 g/mol. The number of fused-ring (bicyclic) bond motifs is 1. The Morgan fingerprint density at radius 3 is 2.59 bits per heavy atom. The van der Waals surface area contributed by atoms with Crippen molar-refractivity contribution < 1.29 is 18.8 Å². The Kier molecular flexibility index (Phi) is 6.08. The molecule has 1 aliphatic heterocycles. The van der Waals surface area contributed by atoms with Gasteiger partial charge >= 0.3 is 0 Å². The summed E-state index contributed by atoms with van der Waals surface area (Å²) >= 11 is 6.55. The highest BCUT2D eigenvalue weighted by Crippen LogP contribution is 2.31. The van der Waals surface area contributed by atoms with Crippen molar-refractivity contribution in [2.75, 3.05) is 43.6 Å². The van der Waals surface area contributed by atoms with E-state index < -0.39 is 0 Å². The van der Waals surface area contributed by atoms with Gasteiger partial charge in [-0.25, -0.2) is 4.98 Å². The summed E-state index contributed by atoms with van der Waals surface area (Å²) in [5.41, 5.74) is 4.25. The number of ether oxygens (including phenoxy) is 2. The highest BCUT2D eigenvalue weighted by Gasteiger charge is 2.20. The normalized spacial score (nSPS) is 13.8. The van der Waals surface area contributed by atoms with Gasteiger partial charge in [0.1, 0.15) is 5.75 Å². The van der Waals surface area contributed by atoms with Gasteiger partial charge in [-0.1, -0.05) is 16.8 Å². The summed E-state index contributed by atoms with van der Waals surface area (Å²) in [5, 5.41) is 8.11. The maximum atomic E-state index is 13.4. The third kappa shape index (κ3) is 4.30. The van der Waals surface area contributed by atoms with E-state index in [9.17, 15) is 4.79 Å². The first-order valence-electron chi connectivity index (χ1n) is 10.9. The fourth-order valence-corrected chi connectivity index (χ4v) is 4.33. The summed E-state index contributed by atoms with van der Waals surface area (Å²) in [4.78, 5) is 20.1. The molecule has 0 aliphatic carbocycles. The van der Waals surface area contributed by atoms with Crippen molar-refractivity contribution in [2.24, 2.45) is 0 Å². The van der Waals surface area contributed by atoms with E-state index in [4.69, 9.17) is 25.6 Å². The zero-order chi connectivity index (χ0) is 23.7. The second-order valence-electron chi connectivity index (χ2n) is 7.95. The molecular formula is C25H23ClN4O4. The third-order valence-corrected chi connectivity index (χ3v) is 6.11. The number of anilines is 2. The Balaban J connectivity index is 1.46. The minimum Gasteiger partial charge on any atom is -0.497 e. The minimum atomic E-state index is -0.302. The molecule has 8 nitrogen and oxygen atoms in total. The number of hydrogen-bond acceptors (Lipinski definition) is 7. The lowest BCUT2D eigenvalue weighted by Gasteiger charge is -2.29. The van der Waals surface area contributed by atoms with E-state index >= 15 is 0 Å². The maximum Gasteiger partial charge on any atom is 0.259 e. The van der Waals surface area contributed by atoms with Crippen molar-refractivity contribution in [3.05, 3.63) is 64.8 Å². The molecule has 0 saturated carbocycles. The summed E-state index contributed by atoms with van der Waals surface area (Å²) in [6.45, 7) is 4.68. The molecule has 34 heavy (non-hydrogen) atoms.